The Hall–Kier alpha value is -2.73. The van der Waals surface area contributed by atoms with E-state index in [1.165, 1.54) is 18.2 Å². The molecule has 2 aromatic carbocycles. The van der Waals surface area contributed by atoms with Crippen molar-refractivity contribution in [3.63, 3.8) is 0 Å². The van der Waals surface area contributed by atoms with Crippen LogP contribution in [0.2, 0.25) is 5.02 Å². The van der Waals surface area contributed by atoms with Gasteiger partial charge in [-0.3, -0.25) is 9.56 Å². The predicted octanol–water partition coefficient (Wildman–Crippen LogP) is 3.42. The summed E-state index contributed by atoms with van der Waals surface area (Å²) < 4.78 is 16.2. The summed E-state index contributed by atoms with van der Waals surface area (Å²) in [6, 6.07) is 7.62. The average molecular weight is 343 g/mol. The van der Waals surface area contributed by atoms with Crippen molar-refractivity contribution in [2.75, 3.05) is 0 Å². The van der Waals surface area contributed by atoms with Gasteiger partial charge in [0.1, 0.15) is 24.4 Å². The smallest absolute Gasteiger partial charge is 0.159 e. The molecule has 0 aliphatic carbocycles. The molecular formula is C17H12ClFN4O. The number of aromatic nitrogens is 3. The number of aromatic hydroxyl groups is 1. The van der Waals surface area contributed by atoms with Crippen LogP contribution in [0.3, 0.4) is 0 Å². The quantitative estimate of drug-likeness (QED) is 0.737. The van der Waals surface area contributed by atoms with Crippen LogP contribution in [-0.4, -0.2) is 25.6 Å². The summed E-state index contributed by atoms with van der Waals surface area (Å²) in [7, 11) is 0. The number of hydrogen-bond acceptors (Lipinski definition) is 4. The van der Waals surface area contributed by atoms with Gasteiger partial charge < -0.3 is 5.11 Å². The molecule has 0 radical (unpaired) electrons. The van der Waals surface area contributed by atoms with Crippen LogP contribution in [-0.2, 0) is 6.54 Å². The average Bonchev–Trinajstić information content (AvgIpc) is 2.97. The van der Waals surface area contributed by atoms with Gasteiger partial charge in [-0.25, -0.2) is 4.39 Å². The fourth-order valence-corrected chi connectivity index (χ4v) is 3.06. The molecule has 0 bridgehead atoms. The SMILES string of the molecule is Cc1ccc2c(c1Cl)C(c1cc(O)ccc1F)=NCc1nncn1-2. The number of halogens is 2. The van der Waals surface area contributed by atoms with Crippen LogP contribution in [0.5, 0.6) is 5.75 Å². The van der Waals surface area contributed by atoms with Crippen molar-refractivity contribution in [1.29, 1.82) is 0 Å². The molecule has 2 heterocycles. The molecule has 3 aromatic rings. The van der Waals surface area contributed by atoms with Crippen LogP contribution < -0.4 is 0 Å². The number of rotatable bonds is 1. The summed E-state index contributed by atoms with van der Waals surface area (Å²) in [5.41, 5.74) is 2.75. The van der Waals surface area contributed by atoms with Gasteiger partial charge in [-0.1, -0.05) is 17.7 Å². The van der Waals surface area contributed by atoms with Crippen molar-refractivity contribution in [3.05, 3.63) is 70.0 Å². The zero-order valence-corrected chi connectivity index (χ0v) is 13.4. The van der Waals surface area contributed by atoms with E-state index in [-0.39, 0.29) is 17.9 Å². The number of nitrogens with zero attached hydrogens (tertiary/aromatic N) is 4. The van der Waals surface area contributed by atoms with Crippen molar-refractivity contribution in [1.82, 2.24) is 14.8 Å². The van der Waals surface area contributed by atoms with Crippen LogP contribution in [0.4, 0.5) is 4.39 Å². The van der Waals surface area contributed by atoms with E-state index in [1.54, 1.807) is 10.9 Å². The summed E-state index contributed by atoms with van der Waals surface area (Å²) >= 11 is 6.53. The molecule has 0 saturated heterocycles. The monoisotopic (exact) mass is 342 g/mol. The number of fused-ring (bicyclic) bond motifs is 3. The molecule has 0 atom stereocenters. The molecule has 1 N–H and O–H groups in total. The third-order valence-corrected chi connectivity index (χ3v) is 4.50. The molecule has 5 nitrogen and oxygen atoms in total. The van der Waals surface area contributed by atoms with Gasteiger partial charge in [0.2, 0.25) is 0 Å². The Morgan fingerprint density at radius 1 is 1.25 bits per heavy atom. The topological polar surface area (TPSA) is 63.3 Å². The highest BCUT2D eigenvalue weighted by atomic mass is 35.5. The summed E-state index contributed by atoms with van der Waals surface area (Å²) in [5.74, 6) is 0.113. The summed E-state index contributed by atoms with van der Waals surface area (Å²) in [5, 5.41) is 18.2. The molecule has 1 aliphatic heterocycles. The minimum Gasteiger partial charge on any atom is -0.508 e. The van der Waals surface area contributed by atoms with E-state index in [4.69, 9.17) is 11.6 Å². The highest BCUT2D eigenvalue weighted by Gasteiger charge is 2.25. The highest BCUT2D eigenvalue weighted by Crippen LogP contribution is 2.33. The van der Waals surface area contributed by atoms with E-state index >= 15 is 0 Å². The standard InChI is InChI=1S/C17H12ClFN4O/c1-9-2-5-13-15(16(9)18)17(11-6-10(24)3-4-12(11)19)20-7-14-22-21-8-23(13)14/h2-6,8,24H,7H2,1H3. The van der Waals surface area contributed by atoms with Crippen molar-refractivity contribution < 1.29 is 9.50 Å². The first-order chi connectivity index (χ1) is 11.6. The minimum absolute atomic E-state index is 0.0388. The fourth-order valence-electron chi connectivity index (χ4n) is 2.81. The molecule has 0 unspecified atom stereocenters. The van der Waals surface area contributed by atoms with E-state index in [0.717, 1.165) is 11.3 Å². The van der Waals surface area contributed by atoms with Crippen molar-refractivity contribution in [2.24, 2.45) is 4.99 Å². The lowest BCUT2D eigenvalue weighted by atomic mass is 9.98. The molecule has 1 aliphatic rings. The Kier molecular flexibility index (Phi) is 3.35. The number of phenolic OH excluding ortho intramolecular Hbond substituents is 1. The van der Waals surface area contributed by atoms with E-state index in [0.29, 0.717) is 22.1 Å². The Labute approximate surface area is 142 Å². The van der Waals surface area contributed by atoms with Crippen LogP contribution in [0.15, 0.2) is 41.7 Å². The largest absolute Gasteiger partial charge is 0.508 e. The summed E-state index contributed by atoms with van der Waals surface area (Å²) in [6.45, 7) is 2.10. The first kappa shape index (κ1) is 14.8. The lowest BCUT2D eigenvalue weighted by molar-refractivity contribution is 0.473. The van der Waals surface area contributed by atoms with Crippen LogP contribution in [0.25, 0.3) is 5.69 Å². The number of benzene rings is 2. The van der Waals surface area contributed by atoms with Gasteiger partial charge in [0, 0.05) is 11.1 Å². The number of phenols is 1. The van der Waals surface area contributed by atoms with Gasteiger partial charge in [-0.15, -0.1) is 10.2 Å². The van der Waals surface area contributed by atoms with Gasteiger partial charge in [-0.05, 0) is 36.8 Å². The van der Waals surface area contributed by atoms with Gasteiger partial charge in [0.25, 0.3) is 0 Å². The van der Waals surface area contributed by atoms with E-state index < -0.39 is 5.82 Å². The minimum atomic E-state index is -0.479. The Balaban J connectivity index is 2.06. The lowest BCUT2D eigenvalue weighted by Gasteiger charge is -2.15. The molecule has 0 amide bonds. The predicted molar refractivity (Wildman–Crippen MR) is 88.5 cm³/mol. The Morgan fingerprint density at radius 3 is 2.92 bits per heavy atom. The maximum atomic E-state index is 14.4. The molecule has 0 fully saturated rings. The molecular weight excluding hydrogens is 331 g/mol. The third-order valence-electron chi connectivity index (χ3n) is 4.01. The molecule has 1 aromatic heterocycles. The third kappa shape index (κ3) is 2.18. The van der Waals surface area contributed by atoms with E-state index in [1.807, 2.05) is 19.1 Å². The second-order valence-corrected chi connectivity index (χ2v) is 5.91. The van der Waals surface area contributed by atoms with Crippen LogP contribution in [0, 0.1) is 12.7 Å². The molecule has 4 rings (SSSR count). The molecule has 120 valence electrons. The highest BCUT2D eigenvalue weighted by molar-refractivity contribution is 6.37. The van der Waals surface area contributed by atoms with Crippen molar-refractivity contribution >= 4 is 17.3 Å². The number of aryl methyl sites for hydroxylation is 1. The first-order valence-electron chi connectivity index (χ1n) is 7.28. The number of hydrogen-bond donors (Lipinski definition) is 1. The number of aliphatic imine (C=N–C) groups is 1. The lowest BCUT2D eigenvalue weighted by Crippen LogP contribution is -2.10. The maximum absolute atomic E-state index is 14.4. The summed E-state index contributed by atoms with van der Waals surface area (Å²) in [4.78, 5) is 4.51. The van der Waals surface area contributed by atoms with Crippen LogP contribution in [0.1, 0.15) is 22.5 Å². The second-order valence-electron chi connectivity index (χ2n) is 5.54. The molecule has 0 saturated carbocycles. The maximum Gasteiger partial charge on any atom is 0.159 e. The van der Waals surface area contributed by atoms with Crippen LogP contribution >= 0.6 is 11.6 Å². The van der Waals surface area contributed by atoms with Gasteiger partial charge >= 0.3 is 0 Å². The fraction of sp³-hybridized carbons (Fsp3) is 0.118. The summed E-state index contributed by atoms with van der Waals surface area (Å²) in [6.07, 6.45) is 1.58. The van der Waals surface area contributed by atoms with Crippen molar-refractivity contribution in [2.45, 2.75) is 13.5 Å². The zero-order valence-electron chi connectivity index (χ0n) is 12.7. The normalized spacial score (nSPS) is 13.0. The zero-order chi connectivity index (χ0) is 16.8. The van der Waals surface area contributed by atoms with E-state index in [2.05, 4.69) is 15.2 Å². The Bertz CT molecular complexity index is 996. The van der Waals surface area contributed by atoms with Gasteiger partial charge in [0.05, 0.1) is 16.4 Å². The van der Waals surface area contributed by atoms with Gasteiger partial charge in [0.15, 0.2) is 5.82 Å². The second kappa shape index (κ2) is 5.42. The first-order valence-corrected chi connectivity index (χ1v) is 7.66. The Morgan fingerprint density at radius 2 is 2.08 bits per heavy atom. The molecule has 24 heavy (non-hydrogen) atoms. The molecule has 7 heteroatoms. The van der Waals surface area contributed by atoms with Gasteiger partial charge in [-0.2, -0.15) is 0 Å². The molecule has 0 spiro atoms. The van der Waals surface area contributed by atoms with E-state index in [9.17, 15) is 9.50 Å². The van der Waals surface area contributed by atoms with Crippen molar-refractivity contribution in [3.8, 4) is 11.4 Å².